The first kappa shape index (κ1) is 21.2. The number of amides is 2. The second-order valence-corrected chi connectivity index (χ2v) is 9.51. The van der Waals surface area contributed by atoms with Gasteiger partial charge in [0.2, 0.25) is 5.91 Å². The molecule has 0 bridgehead atoms. The molecule has 6 heteroatoms. The van der Waals surface area contributed by atoms with Crippen molar-refractivity contribution >= 4 is 17.7 Å². The first-order chi connectivity index (χ1) is 14.7. The highest BCUT2D eigenvalue weighted by atomic mass is 16.6. The number of hydrogen-bond donors (Lipinski definition) is 2. The van der Waals surface area contributed by atoms with Crippen LogP contribution in [-0.2, 0) is 28.9 Å². The maximum absolute atomic E-state index is 13.4. The summed E-state index contributed by atoms with van der Waals surface area (Å²) in [6.45, 7) is 5.78. The zero-order valence-electron chi connectivity index (χ0n) is 18.5. The number of nitrogens with zero attached hydrogens (tertiary/aromatic N) is 1. The van der Waals surface area contributed by atoms with Crippen LogP contribution in [0.3, 0.4) is 0 Å². The Hall–Kier alpha value is -3.02. The molecule has 1 aliphatic heterocycles. The predicted octanol–water partition coefficient (Wildman–Crippen LogP) is 4.12. The van der Waals surface area contributed by atoms with Crippen LogP contribution in [-0.4, -0.2) is 28.5 Å². The lowest BCUT2D eigenvalue weighted by Gasteiger charge is -2.38. The Balaban J connectivity index is 1.60. The average molecular weight is 422 g/mol. The topological polar surface area (TPSA) is 84.7 Å². The van der Waals surface area contributed by atoms with Crippen LogP contribution >= 0.6 is 0 Å². The molecule has 31 heavy (non-hydrogen) atoms. The van der Waals surface area contributed by atoms with Gasteiger partial charge < -0.3 is 15.8 Å². The van der Waals surface area contributed by atoms with E-state index in [1.54, 1.807) is 0 Å². The molecule has 0 saturated heterocycles. The van der Waals surface area contributed by atoms with Gasteiger partial charge in [-0.3, -0.25) is 9.69 Å². The fourth-order valence-corrected chi connectivity index (χ4v) is 4.52. The minimum atomic E-state index is -0.642. The van der Waals surface area contributed by atoms with E-state index in [0.717, 1.165) is 30.4 Å². The Labute approximate surface area is 183 Å². The highest BCUT2D eigenvalue weighted by Gasteiger charge is 2.38. The molecule has 2 amide bonds. The van der Waals surface area contributed by atoms with Crippen LogP contribution in [0.4, 0.5) is 10.5 Å². The van der Waals surface area contributed by atoms with E-state index >= 15 is 0 Å². The van der Waals surface area contributed by atoms with E-state index in [0.29, 0.717) is 18.7 Å². The highest BCUT2D eigenvalue weighted by Crippen LogP contribution is 2.31. The lowest BCUT2D eigenvalue weighted by molar-refractivity contribution is -0.128. The summed E-state index contributed by atoms with van der Waals surface area (Å²) in [7, 11) is 0. The SMILES string of the molecule is CC(C)(C)OC(=O)N1Cc2cc(N)ccc2C[C@H]1C(=O)N[C@@H]1CCCc2ccccc21. The molecular formula is C25H31N3O3. The number of nitrogen functional groups attached to an aromatic ring is 1. The molecule has 164 valence electrons. The Morgan fingerprint density at radius 2 is 1.87 bits per heavy atom. The third-order valence-corrected chi connectivity index (χ3v) is 5.98. The number of nitrogens with two attached hydrogens (primary N) is 1. The summed E-state index contributed by atoms with van der Waals surface area (Å²) in [5, 5.41) is 3.22. The Morgan fingerprint density at radius 3 is 2.65 bits per heavy atom. The first-order valence-corrected chi connectivity index (χ1v) is 11.0. The molecule has 0 spiro atoms. The maximum atomic E-state index is 13.4. The number of fused-ring (bicyclic) bond motifs is 2. The zero-order valence-corrected chi connectivity index (χ0v) is 18.5. The van der Waals surface area contributed by atoms with Crippen LogP contribution in [0.5, 0.6) is 0 Å². The van der Waals surface area contributed by atoms with Crippen LogP contribution in [0.25, 0.3) is 0 Å². The van der Waals surface area contributed by atoms with Gasteiger partial charge in [-0.2, -0.15) is 0 Å². The molecule has 2 atom stereocenters. The van der Waals surface area contributed by atoms with Gasteiger partial charge in [-0.25, -0.2) is 4.79 Å². The summed E-state index contributed by atoms with van der Waals surface area (Å²) in [4.78, 5) is 28.0. The molecule has 2 aliphatic rings. The summed E-state index contributed by atoms with van der Waals surface area (Å²) in [6, 6.07) is 13.3. The van der Waals surface area contributed by atoms with Gasteiger partial charge in [0, 0.05) is 12.1 Å². The number of carbonyl (C=O) groups is 2. The van der Waals surface area contributed by atoms with Crippen molar-refractivity contribution in [2.24, 2.45) is 0 Å². The lowest BCUT2D eigenvalue weighted by Crippen LogP contribution is -2.54. The number of nitrogens with one attached hydrogen (secondary N) is 1. The van der Waals surface area contributed by atoms with E-state index in [9.17, 15) is 9.59 Å². The van der Waals surface area contributed by atoms with Crippen molar-refractivity contribution in [3.05, 3.63) is 64.7 Å². The van der Waals surface area contributed by atoms with Gasteiger partial charge in [-0.15, -0.1) is 0 Å². The lowest BCUT2D eigenvalue weighted by atomic mass is 9.87. The van der Waals surface area contributed by atoms with Crippen LogP contribution in [0.2, 0.25) is 0 Å². The monoisotopic (exact) mass is 421 g/mol. The zero-order chi connectivity index (χ0) is 22.2. The highest BCUT2D eigenvalue weighted by molar-refractivity contribution is 5.87. The van der Waals surface area contributed by atoms with E-state index in [-0.39, 0.29) is 11.9 Å². The van der Waals surface area contributed by atoms with Gasteiger partial charge in [0.15, 0.2) is 0 Å². The second kappa shape index (κ2) is 8.25. The number of anilines is 1. The maximum Gasteiger partial charge on any atom is 0.411 e. The predicted molar refractivity (Wildman–Crippen MR) is 120 cm³/mol. The van der Waals surface area contributed by atoms with Crippen LogP contribution in [0.15, 0.2) is 42.5 Å². The second-order valence-electron chi connectivity index (χ2n) is 9.51. The summed E-state index contributed by atoms with van der Waals surface area (Å²) >= 11 is 0. The number of aryl methyl sites for hydroxylation is 1. The Kier molecular flexibility index (Phi) is 5.65. The summed E-state index contributed by atoms with van der Waals surface area (Å²) in [5.41, 5.74) is 10.4. The molecule has 2 aromatic rings. The Morgan fingerprint density at radius 1 is 1.10 bits per heavy atom. The largest absolute Gasteiger partial charge is 0.444 e. The summed E-state index contributed by atoms with van der Waals surface area (Å²) in [5.74, 6) is -0.143. The number of ether oxygens (including phenoxy) is 1. The minimum absolute atomic E-state index is 0.0363. The summed E-state index contributed by atoms with van der Waals surface area (Å²) < 4.78 is 5.62. The van der Waals surface area contributed by atoms with E-state index < -0.39 is 17.7 Å². The minimum Gasteiger partial charge on any atom is -0.444 e. The molecule has 0 fully saturated rings. The fraction of sp³-hybridized carbons (Fsp3) is 0.440. The molecule has 1 aliphatic carbocycles. The van der Waals surface area contributed by atoms with Gasteiger partial charge >= 0.3 is 6.09 Å². The van der Waals surface area contributed by atoms with E-state index in [2.05, 4.69) is 17.4 Å². The normalized spacial score (nSPS) is 20.4. The van der Waals surface area contributed by atoms with E-state index in [1.165, 1.54) is 16.0 Å². The van der Waals surface area contributed by atoms with Crippen molar-refractivity contribution in [3.63, 3.8) is 0 Å². The van der Waals surface area contributed by atoms with Crippen molar-refractivity contribution in [1.29, 1.82) is 0 Å². The average Bonchev–Trinajstić information content (AvgIpc) is 2.71. The fourth-order valence-electron chi connectivity index (χ4n) is 4.52. The number of benzene rings is 2. The standard InChI is InChI=1S/C25H31N3O3/c1-25(2,3)31-24(30)28-15-18-13-19(26)12-11-17(18)14-22(28)23(29)27-21-10-6-8-16-7-4-5-9-20(16)21/h4-5,7,9,11-13,21-22H,6,8,10,14-15,26H2,1-3H3,(H,27,29)/t21-,22+/m1/s1. The third-order valence-electron chi connectivity index (χ3n) is 5.98. The van der Waals surface area contributed by atoms with Gasteiger partial charge in [-0.1, -0.05) is 30.3 Å². The molecule has 0 saturated carbocycles. The first-order valence-electron chi connectivity index (χ1n) is 11.0. The number of hydrogen-bond acceptors (Lipinski definition) is 4. The van der Waals surface area contributed by atoms with Crippen molar-refractivity contribution in [2.75, 3.05) is 5.73 Å². The molecule has 0 radical (unpaired) electrons. The molecule has 0 aromatic heterocycles. The van der Waals surface area contributed by atoms with Gasteiger partial charge in [-0.05, 0) is 74.4 Å². The molecule has 4 rings (SSSR count). The molecule has 3 N–H and O–H groups in total. The molecule has 0 unspecified atom stereocenters. The summed E-state index contributed by atoms with van der Waals surface area (Å²) in [6.07, 6.45) is 2.92. The van der Waals surface area contributed by atoms with Gasteiger partial charge in [0.25, 0.3) is 0 Å². The molecular weight excluding hydrogens is 390 g/mol. The molecule has 2 aromatic carbocycles. The van der Waals surface area contributed by atoms with Crippen molar-refractivity contribution < 1.29 is 14.3 Å². The quantitative estimate of drug-likeness (QED) is 0.714. The Bertz CT molecular complexity index is 996. The number of rotatable bonds is 2. The van der Waals surface area contributed by atoms with E-state index in [4.69, 9.17) is 10.5 Å². The third kappa shape index (κ3) is 4.68. The van der Waals surface area contributed by atoms with Crippen LogP contribution in [0.1, 0.15) is 61.9 Å². The van der Waals surface area contributed by atoms with Crippen LogP contribution < -0.4 is 11.1 Å². The smallest absolute Gasteiger partial charge is 0.411 e. The number of carbonyl (C=O) groups excluding carboxylic acids is 2. The molecule has 6 nitrogen and oxygen atoms in total. The van der Waals surface area contributed by atoms with E-state index in [1.807, 2.05) is 51.1 Å². The van der Waals surface area contributed by atoms with Crippen molar-refractivity contribution in [3.8, 4) is 0 Å². The van der Waals surface area contributed by atoms with Gasteiger partial charge in [0.05, 0.1) is 12.6 Å². The van der Waals surface area contributed by atoms with Crippen molar-refractivity contribution in [1.82, 2.24) is 10.2 Å². The molecule has 1 heterocycles. The van der Waals surface area contributed by atoms with Crippen LogP contribution in [0, 0.1) is 0 Å². The van der Waals surface area contributed by atoms with Crippen molar-refractivity contribution in [2.45, 2.75) is 70.7 Å². The van der Waals surface area contributed by atoms with Gasteiger partial charge in [0.1, 0.15) is 11.6 Å².